The summed E-state index contributed by atoms with van der Waals surface area (Å²) in [6, 6.07) is 0. The van der Waals surface area contributed by atoms with E-state index in [0.717, 1.165) is 30.9 Å². The van der Waals surface area contributed by atoms with E-state index in [4.69, 9.17) is 5.73 Å². The molecule has 0 spiro atoms. The molecule has 0 amide bonds. The van der Waals surface area contributed by atoms with Gasteiger partial charge in [0, 0.05) is 6.54 Å². The molecule has 0 radical (unpaired) electrons. The minimum absolute atomic E-state index is 0.148. The number of hydrogen-bond donors (Lipinski definition) is 2. The van der Waals surface area contributed by atoms with Crippen LogP contribution < -0.4 is 11.1 Å². The third-order valence-corrected chi connectivity index (χ3v) is 7.43. The standard InChI is InChI=1S/C12H19N3O2S2/c1-12(2)5-7(12)6-14-11-9(10(13)15-18-11)19(16,17)8-3-4-8/h7-8,14H,3-6H2,1-2H3,(H2,13,15). The fraction of sp³-hybridized carbons (Fsp3) is 0.750. The van der Waals surface area contributed by atoms with Gasteiger partial charge in [-0.25, -0.2) is 8.42 Å². The molecule has 2 aliphatic carbocycles. The number of nitrogens with one attached hydrogen (secondary N) is 1. The van der Waals surface area contributed by atoms with Gasteiger partial charge < -0.3 is 11.1 Å². The average molecular weight is 301 g/mol. The lowest BCUT2D eigenvalue weighted by molar-refractivity contribution is 0.573. The van der Waals surface area contributed by atoms with Crippen molar-refractivity contribution < 1.29 is 8.42 Å². The molecule has 2 aliphatic rings. The second-order valence-corrected chi connectivity index (χ2v) is 9.18. The van der Waals surface area contributed by atoms with E-state index < -0.39 is 9.84 Å². The van der Waals surface area contributed by atoms with Gasteiger partial charge in [-0.1, -0.05) is 13.8 Å². The minimum atomic E-state index is -3.28. The maximum absolute atomic E-state index is 12.3. The van der Waals surface area contributed by atoms with Gasteiger partial charge in [-0.2, -0.15) is 4.37 Å². The van der Waals surface area contributed by atoms with Crippen molar-refractivity contribution in [3.05, 3.63) is 0 Å². The number of nitrogens with two attached hydrogens (primary N) is 1. The molecule has 1 unspecified atom stereocenters. The van der Waals surface area contributed by atoms with Crippen LogP contribution in [0.25, 0.3) is 0 Å². The van der Waals surface area contributed by atoms with E-state index in [9.17, 15) is 8.42 Å². The van der Waals surface area contributed by atoms with Crippen molar-refractivity contribution in [3.8, 4) is 0 Å². The van der Waals surface area contributed by atoms with Crippen LogP contribution in [0.2, 0.25) is 0 Å². The number of anilines is 2. The summed E-state index contributed by atoms with van der Waals surface area (Å²) in [6.07, 6.45) is 2.67. The number of rotatable bonds is 5. The molecule has 3 N–H and O–H groups in total. The van der Waals surface area contributed by atoms with E-state index in [2.05, 4.69) is 23.5 Å². The van der Waals surface area contributed by atoms with Crippen molar-refractivity contribution in [1.82, 2.24) is 4.37 Å². The van der Waals surface area contributed by atoms with E-state index in [1.807, 2.05) is 0 Å². The molecule has 2 saturated carbocycles. The van der Waals surface area contributed by atoms with E-state index >= 15 is 0 Å². The second-order valence-electron chi connectivity index (χ2n) is 6.24. The first-order valence-corrected chi connectivity index (χ1v) is 8.87. The zero-order valence-electron chi connectivity index (χ0n) is 11.1. The molecule has 19 heavy (non-hydrogen) atoms. The molecular formula is C12H19N3O2S2. The highest BCUT2D eigenvalue weighted by molar-refractivity contribution is 7.92. The Morgan fingerprint density at radius 3 is 2.63 bits per heavy atom. The summed E-state index contributed by atoms with van der Waals surface area (Å²) in [4.78, 5) is 0.235. The van der Waals surface area contributed by atoms with Crippen molar-refractivity contribution in [1.29, 1.82) is 0 Å². The predicted octanol–water partition coefficient (Wildman–Crippen LogP) is 2.12. The van der Waals surface area contributed by atoms with Crippen LogP contribution in [0.5, 0.6) is 0 Å². The highest BCUT2D eigenvalue weighted by atomic mass is 32.2. The quantitative estimate of drug-likeness (QED) is 0.870. The van der Waals surface area contributed by atoms with Gasteiger partial charge >= 0.3 is 0 Å². The van der Waals surface area contributed by atoms with Crippen LogP contribution in [0.1, 0.15) is 33.1 Å². The van der Waals surface area contributed by atoms with Crippen molar-refractivity contribution in [2.45, 2.75) is 43.3 Å². The first-order valence-electron chi connectivity index (χ1n) is 6.55. The first kappa shape index (κ1) is 13.2. The Kier molecular flexibility index (Phi) is 2.83. The van der Waals surface area contributed by atoms with Gasteiger partial charge in [0.05, 0.1) is 5.25 Å². The molecule has 0 aromatic carbocycles. The number of nitrogens with zero attached hydrogens (tertiary/aromatic N) is 1. The Hall–Kier alpha value is -0.820. The number of nitrogen functional groups attached to an aromatic ring is 1. The van der Waals surface area contributed by atoms with Crippen LogP contribution in [0, 0.1) is 11.3 Å². The molecule has 0 saturated heterocycles. The molecule has 1 aromatic heterocycles. The van der Waals surface area contributed by atoms with E-state index in [-0.39, 0.29) is 16.0 Å². The summed E-state index contributed by atoms with van der Waals surface area (Å²) < 4.78 is 28.7. The Labute approximate surface area is 117 Å². The molecule has 3 rings (SSSR count). The van der Waals surface area contributed by atoms with Gasteiger partial charge in [-0.05, 0) is 42.1 Å². The first-order chi connectivity index (χ1) is 8.82. The summed E-state index contributed by atoms with van der Waals surface area (Å²) in [5.41, 5.74) is 6.12. The molecule has 106 valence electrons. The normalized spacial score (nSPS) is 25.3. The maximum Gasteiger partial charge on any atom is 0.187 e. The number of hydrogen-bond acceptors (Lipinski definition) is 6. The van der Waals surface area contributed by atoms with E-state index in [1.54, 1.807) is 0 Å². The Balaban J connectivity index is 1.79. The van der Waals surface area contributed by atoms with Crippen LogP contribution in [-0.2, 0) is 9.84 Å². The van der Waals surface area contributed by atoms with Crippen molar-refractivity contribution >= 4 is 32.2 Å². The molecule has 1 aromatic rings. The molecule has 1 heterocycles. The summed E-state index contributed by atoms with van der Waals surface area (Å²) >= 11 is 1.15. The van der Waals surface area contributed by atoms with Gasteiger partial charge in [-0.3, -0.25) is 0 Å². The van der Waals surface area contributed by atoms with Crippen LogP contribution in [0.15, 0.2) is 4.90 Å². The molecule has 2 fully saturated rings. The van der Waals surface area contributed by atoms with Crippen LogP contribution >= 0.6 is 11.5 Å². The average Bonchev–Trinajstić information content (AvgIpc) is 3.19. The monoisotopic (exact) mass is 301 g/mol. The Morgan fingerprint density at radius 2 is 2.11 bits per heavy atom. The molecular weight excluding hydrogens is 282 g/mol. The van der Waals surface area contributed by atoms with E-state index in [1.165, 1.54) is 6.42 Å². The van der Waals surface area contributed by atoms with Crippen molar-refractivity contribution in [2.75, 3.05) is 17.6 Å². The Bertz CT molecular complexity index is 602. The molecule has 0 aliphatic heterocycles. The zero-order chi connectivity index (χ0) is 13.8. The smallest absolute Gasteiger partial charge is 0.187 e. The van der Waals surface area contributed by atoms with Gasteiger partial charge in [0.2, 0.25) is 0 Å². The summed E-state index contributed by atoms with van der Waals surface area (Å²) in [7, 11) is -3.28. The van der Waals surface area contributed by atoms with Gasteiger partial charge in [0.25, 0.3) is 0 Å². The summed E-state index contributed by atoms with van der Waals surface area (Å²) in [5, 5.41) is 3.61. The SMILES string of the molecule is CC1(C)CC1CNc1snc(N)c1S(=O)(=O)C1CC1. The van der Waals surface area contributed by atoms with Gasteiger partial charge in [0.15, 0.2) is 15.7 Å². The minimum Gasteiger partial charge on any atom is -0.382 e. The number of sulfone groups is 1. The lowest BCUT2D eigenvalue weighted by Crippen LogP contribution is -2.13. The molecule has 0 bridgehead atoms. The van der Waals surface area contributed by atoms with Crippen molar-refractivity contribution in [2.24, 2.45) is 11.3 Å². The molecule has 1 atom stereocenters. The third-order valence-electron chi connectivity index (χ3n) is 4.15. The molecule has 5 nitrogen and oxygen atoms in total. The predicted molar refractivity (Wildman–Crippen MR) is 77.1 cm³/mol. The zero-order valence-corrected chi connectivity index (χ0v) is 12.8. The van der Waals surface area contributed by atoms with Crippen LogP contribution in [-0.4, -0.2) is 24.6 Å². The number of aromatic nitrogens is 1. The maximum atomic E-state index is 12.3. The highest BCUT2D eigenvalue weighted by Crippen LogP contribution is 2.51. The summed E-state index contributed by atoms with van der Waals surface area (Å²) in [6.45, 7) is 5.24. The van der Waals surface area contributed by atoms with Crippen LogP contribution in [0.4, 0.5) is 10.8 Å². The molecule has 7 heteroatoms. The Morgan fingerprint density at radius 1 is 1.47 bits per heavy atom. The fourth-order valence-electron chi connectivity index (χ4n) is 2.37. The van der Waals surface area contributed by atoms with Gasteiger partial charge in [0.1, 0.15) is 9.90 Å². The van der Waals surface area contributed by atoms with Gasteiger partial charge in [-0.15, -0.1) is 0 Å². The summed E-state index contributed by atoms with van der Waals surface area (Å²) in [5.74, 6) is 0.752. The topological polar surface area (TPSA) is 85.1 Å². The second kappa shape index (κ2) is 4.09. The largest absolute Gasteiger partial charge is 0.382 e. The fourth-order valence-corrected chi connectivity index (χ4v) is 5.26. The lowest BCUT2D eigenvalue weighted by atomic mass is 10.1. The highest BCUT2D eigenvalue weighted by Gasteiger charge is 2.46. The third kappa shape index (κ3) is 2.33. The van der Waals surface area contributed by atoms with E-state index in [0.29, 0.717) is 16.3 Å². The van der Waals surface area contributed by atoms with Crippen molar-refractivity contribution in [3.63, 3.8) is 0 Å². The van der Waals surface area contributed by atoms with Crippen LogP contribution in [0.3, 0.4) is 0 Å². The lowest BCUT2D eigenvalue weighted by Gasteiger charge is -2.08.